The summed E-state index contributed by atoms with van der Waals surface area (Å²) in [6, 6.07) is 24.2. The highest BCUT2D eigenvalue weighted by Crippen LogP contribution is 2.38. The van der Waals surface area contributed by atoms with Crippen molar-refractivity contribution in [2.45, 2.75) is 52.8 Å². The van der Waals surface area contributed by atoms with Crippen molar-refractivity contribution in [2.24, 2.45) is 0 Å². The van der Waals surface area contributed by atoms with Gasteiger partial charge in [-0.1, -0.05) is 60.7 Å². The van der Waals surface area contributed by atoms with E-state index >= 15 is 0 Å². The van der Waals surface area contributed by atoms with Crippen molar-refractivity contribution >= 4 is 34.2 Å². The van der Waals surface area contributed by atoms with Crippen LogP contribution < -0.4 is 9.80 Å². The molecule has 1 saturated heterocycles. The van der Waals surface area contributed by atoms with Crippen LogP contribution in [0.15, 0.2) is 66.7 Å². The molecule has 4 aromatic rings. The number of carbonyl (C=O) groups is 2. The summed E-state index contributed by atoms with van der Waals surface area (Å²) in [6.07, 6.45) is 0.486. The molecule has 0 spiro atoms. The lowest BCUT2D eigenvalue weighted by molar-refractivity contribution is 0.0518. The largest absolute Gasteiger partial charge is 0.461 e. The molecule has 236 valence electrons. The van der Waals surface area contributed by atoms with E-state index in [-0.39, 0.29) is 25.7 Å². The van der Waals surface area contributed by atoms with Gasteiger partial charge in [0.2, 0.25) is 0 Å². The molecule has 2 aliphatic rings. The van der Waals surface area contributed by atoms with E-state index in [0.29, 0.717) is 31.9 Å². The van der Waals surface area contributed by atoms with Gasteiger partial charge in [0.25, 0.3) is 0 Å². The number of fused-ring (bicyclic) bond motifs is 2. The highest BCUT2D eigenvalue weighted by atomic mass is 16.6. The van der Waals surface area contributed by atoms with Crippen LogP contribution in [0.1, 0.15) is 51.8 Å². The molecule has 1 amide bonds. The van der Waals surface area contributed by atoms with Gasteiger partial charge in [0.05, 0.1) is 37.4 Å². The van der Waals surface area contributed by atoms with Crippen LogP contribution in [0, 0.1) is 25.2 Å². The zero-order chi connectivity index (χ0) is 32.2. The molecule has 0 aliphatic carbocycles. The number of aryl methyl sites for hydroxylation is 1. The van der Waals surface area contributed by atoms with Gasteiger partial charge < -0.3 is 24.2 Å². The predicted octanol–water partition coefficient (Wildman–Crippen LogP) is 6.33. The maximum absolute atomic E-state index is 13.2. The molecule has 9 heteroatoms. The summed E-state index contributed by atoms with van der Waals surface area (Å²) in [4.78, 5) is 37.6. The minimum absolute atomic E-state index is 0.169. The number of carbonyl (C=O) groups excluding carboxylic acids is 2. The van der Waals surface area contributed by atoms with Gasteiger partial charge in [0.1, 0.15) is 6.61 Å². The number of anilines is 2. The molecule has 2 aliphatic heterocycles. The zero-order valence-electron chi connectivity index (χ0n) is 26.7. The van der Waals surface area contributed by atoms with Gasteiger partial charge in [-0.15, -0.1) is 0 Å². The Morgan fingerprint density at radius 3 is 2.50 bits per heavy atom. The number of ether oxygens (including phenoxy) is 2. The van der Waals surface area contributed by atoms with Crippen LogP contribution in [-0.4, -0.2) is 60.8 Å². The molecule has 1 atom stereocenters. The maximum Gasteiger partial charge on any atom is 0.410 e. The molecular weight excluding hydrogens is 578 g/mol. The molecule has 0 radical (unpaired) electrons. The number of aromatic nitrogens is 1. The second-order valence-electron chi connectivity index (χ2n) is 11.9. The molecule has 0 saturated carbocycles. The first-order valence-corrected chi connectivity index (χ1v) is 15.9. The second kappa shape index (κ2) is 13.5. The van der Waals surface area contributed by atoms with Gasteiger partial charge in [0.15, 0.2) is 5.69 Å². The van der Waals surface area contributed by atoms with E-state index in [1.54, 1.807) is 11.8 Å². The number of hydrogen-bond acceptors (Lipinski definition) is 8. The third kappa shape index (κ3) is 6.08. The molecule has 9 nitrogen and oxygen atoms in total. The average molecular weight is 618 g/mol. The molecule has 1 aromatic heterocycles. The quantitative estimate of drug-likeness (QED) is 0.222. The molecular formula is C37H39N5O4. The van der Waals surface area contributed by atoms with E-state index in [9.17, 15) is 14.9 Å². The molecule has 0 bridgehead atoms. The van der Waals surface area contributed by atoms with Gasteiger partial charge in [-0.3, -0.25) is 0 Å². The summed E-state index contributed by atoms with van der Waals surface area (Å²) in [6.45, 7) is 9.00. The maximum atomic E-state index is 13.2. The van der Waals surface area contributed by atoms with Crippen molar-refractivity contribution in [3.05, 3.63) is 100 Å². The minimum atomic E-state index is -0.445. The fourth-order valence-corrected chi connectivity index (χ4v) is 6.84. The first-order valence-electron chi connectivity index (χ1n) is 15.9. The summed E-state index contributed by atoms with van der Waals surface area (Å²) >= 11 is 0. The van der Waals surface area contributed by atoms with Gasteiger partial charge in [-0.05, 0) is 49.8 Å². The van der Waals surface area contributed by atoms with E-state index in [4.69, 9.17) is 14.5 Å². The Morgan fingerprint density at radius 2 is 1.74 bits per heavy atom. The van der Waals surface area contributed by atoms with Crippen molar-refractivity contribution in [2.75, 3.05) is 42.6 Å². The molecule has 0 N–H and O–H groups in total. The summed E-state index contributed by atoms with van der Waals surface area (Å²) in [5.41, 5.74) is 7.27. The second-order valence-corrected chi connectivity index (χ2v) is 11.9. The Morgan fingerprint density at radius 1 is 0.957 bits per heavy atom. The molecule has 46 heavy (non-hydrogen) atoms. The van der Waals surface area contributed by atoms with Gasteiger partial charge >= 0.3 is 12.1 Å². The van der Waals surface area contributed by atoms with Gasteiger partial charge in [0, 0.05) is 54.1 Å². The number of nitrogens with zero attached hydrogens (tertiary/aromatic N) is 5. The highest BCUT2D eigenvalue weighted by molar-refractivity contribution is 5.97. The van der Waals surface area contributed by atoms with E-state index < -0.39 is 12.1 Å². The number of rotatable bonds is 7. The monoisotopic (exact) mass is 617 g/mol. The molecule has 6 rings (SSSR count). The number of amides is 1. The van der Waals surface area contributed by atoms with Crippen LogP contribution in [0.25, 0.3) is 10.8 Å². The molecule has 3 heterocycles. The lowest BCUT2D eigenvalue weighted by atomic mass is 9.94. The average Bonchev–Trinajstić information content (AvgIpc) is 3.07. The fraction of sp³-hybridized carbons (Fsp3) is 0.351. The zero-order valence-corrected chi connectivity index (χ0v) is 26.7. The Kier molecular flexibility index (Phi) is 9.06. The summed E-state index contributed by atoms with van der Waals surface area (Å²) in [5.74, 6) is -0.445. The number of piperazine rings is 1. The number of esters is 1. The van der Waals surface area contributed by atoms with Crippen molar-refractivity contribution in [1.29, 1.82) is 5.26 Å². The van der Waals surface area contributed by atoms with Gasteiger partial charge in [-0.25, -0.2) is 14.6 Å². The van der Waals surface area contributed by atoms with Crippen LogP contribution in [-0.2, 0) is 29.0 Å². The predicted molar refractivity (Wildman–Crippen MR) is 178 cm³/mol. The third-order valence-electron chi connectivity index (χ3n) is 9.03. The molecule has 1 fully saturated rings. The van der Waals surface area contributed by atoms with Crippen LogP contribution in [0.5, 0.6) is 0 Å². The van der Waals surface area contributed by atoms with E-state index in [0.717, 1.165) is 46.7 Å². The summed E-state index contributed by atoms with van der Waals surface area (Å²) in [5, 5.41) is 12.1. The standard InChI is InChI=1S/C37H39N5O4/c1-4-45-36(43)34-26(3)35(41-20-21-42(29(22-41)16-18-38)37(44)46-24-27-11-6-5-7-12-27)30-17-19-40(23-31(30)39-34)32-15-9-14-28-13-8-10-25(2)33(28)32/h5-15,29H,4,16-17,19-24H2,1-3H3/t29-/m0/s1. The Bertz CT molecular complexity index is 1800. The summed E-state index contributed by atoms with van der Waals surface area (Å²) < 4.78 is 11.1. The molecule has 3 aromatic carbocycles. The Hall–Kier alpha value is -5.10. The number of nitriles is 1. The van der Waals surface area contributed by atoms with Crippen molar-refractivity contribution < 1.29 is 19.1 Å². The van der Waals surface area contributed by atoms with Crippen LogP contribution in [0.4, 0.5) is 16.2 Å². The van der Waals surface area contributed by atoms with E-state index in [2.05, 4.69) is 59.2 Å². The van der Waals surface area contributed by atoms with Crippen molar-refractivity contribution in [3.63, 3.8) is 0 Å². The Balaban J connectivity index is 1.31. The van der Waals surface area contributed by atoms with Crippen molar-refractivity contribution in [3.8, 4) is 6.07 Å². The van der Waals surface area contributed by atoms with Crippen LogP contribution in [0.2, 0.25) is 0 Å². The number of pyridine rings is 1. The topological polar surface area (TPSA) is 99.0 Å². The lowest BCUT2D eigenvalue weighted by Gasteiger charge is -2.43. The molecule has 0 unspecified atom stereocenters. The van der Waals surface area contributed by atoms with E-state index in [1.165, 1.54) is 16.3 Å². The third-order valence-corrected chi connectivity index (χ3v) is 9.03. The van der Waals surface area contributed by atoms with Crippen LogP contribution >= 0.6 is 0 Å². The smallest absolute Gasteiger partial charge is 0.410 e. The van der Waals surface area contributed by atoms with Crippen molar-refractivity contribution in [1.82, 2.24) is 9.88 Å². The highest BCUT2D eigenvalue weighted by Gasteiger charge is 2.35. The number of benzene rings is 3. The Labute approximate surface area is 269 Å². The first kappa shape index (κ1) is 30.9. The minimum Gasteiger partial charge on any atom is -0.461 e. The SMILES string of the molecule is CCOC(=O)c1nc2c(c(N3CCN(C(=O)OCc4ccccc4)[C@@H](CC#N)C3)c1C)CCN(c1cccc3cccc(C)c13)C2. The summed E-state index contributed by atoms with van der Waals surface area (Å²) in [7, 11) is 0. The van der Waals surface area contributed by atoms with Gasteiger partial charge in [-0.2, -0.15) is 5.26 Å². The normalized spacial score (nSPS) is 16.1. The number of hydrogen-bond donors (Lipinski definition) is 0. The lowest BCUT2D eigenvalue weighted by Crippen LogP contribution is -2.55. The fourth-order valence-electron chi connectivity index (χ4n) is 6.84. The van der Waals surface area contributed by atoms with Crippen LogP contribution in [0.3, 0.4) is 0 Å². The first-order chi connectivity index (χ1) is 22.4. The van der Waals surface area contributed by atoms with E-state index in [1.807, 2.05) is 37.3 Å².